The molecule has 1 aliphatic rings. The summed E-state index contributed by atoms with van der Waals surface area (Å²) in [6.07, 6.45) is 0.196. The lowest BCUT2D eigenvalue weighted by atomic mass is 10.2. The fourth-order valence-corrected chi connectivity index (χ4v) is 2.14. The van der Waals surface area contributed by atoms with E-state index in [1.165, 1.54) is 18.9 Å². The minimum atomic E-state index is -0.502. The van der Waals surface area contributed by atoms with Crippen LogP contribution in [0.15, 0.2) is 0 Å². The minimum Gasteiger partial charge on any atom is -0.468 e. The van der Waals surface area contributed by atoms with Crippen LogP contribution in [0, 0.1) is 0 Å². The minimum absolute atomic E-state index is 0.310. The van der Waals surface area contributed by atoms with E-state index < -0.39 is 6.10 Å². The van der Waals surface area contributed by atoms with Crippen molar-refractivity contribution in [1.82, 2.24) is 0 Å². The molecule has 0 bridgehead atoms. The fraction of sp³-hybridized carbons (Fsp3) is 0.833. The van der Waals surface area contributed by atoms with Crippen LogP contribution in [-0.4, -0.2) is 35.3 Å². The smallest absolute Gasteiger partial charge is 0.321 e. The van der Waals surface area contributed by atoms with Crippen molar-refractivity contribution in [2.24, 2.45) is 0 Å². The van der Waals surface area contributed by atoms with Gasteiger partial charge in [0.25, 0.3) is 0 Å². The van der Waals surface area contributed by atoms with Crippen molar-refractivity contribution < 1.29 is 14.6 Å². The van der Waals surface area contributed by atoms with Crippen LogP contribution < -0.4 is 0 Å². The Morgan fingerprint density at radius 1 is 1.80 bits per heavy atom. The molecule has 1 aliphatic heterocycles. The van der Waals surface area contributed by atoms with Crippen LogP contribution in [0.1, 0.15) is 6.42 Å². The molecule has 0 amide bonds. The van der Waals surface area contributed by atoms with Crippen LogP contribution in [-0.2, 0) is 9.53 Å². The van der Waals surface area contributed by atoms with Gasteiger partial charge in [-0.25, -0.2) is 0 Å². The molecule has 0 radical (unpaired) electrons. The van der Waals surface area contributed by atoms with Crippen molar-refractivity contribution >= 4 is 17.7 Å². The molecule has 0 aromatic rings. The average Bonchev–Trinajstić information content (AvgIpc) is 2.34. The van der Waals surface area contributed by atoms with Crippen molar-refractivity contribution in [2.45, 2.75) is 17.8 Å². The van der Waals surface area contributed by atoms with Crippen molar-refractivity contribution in [3.05, 3.63) is 0 Å². The van der Waals surface area contributed by atoms with Crippen LogP contribution >= 0.6 is 11.8 Å². The third kappa shape index (κ3) is 1.44. The third-order valence-corrected chi connectivity index (χ3v) is 2.83. The molecule has 0 aromatic carbocycles. The van der Waals surface area contributed by atoms with Gasteiger partial charge in [0.05, 0.1) is 13.2 Å². The number of rotatable bonds is 1. The van der Waals surface area contributed by atoms with E-state index in [2.05, 4.69) is 4.74 Å². The van der Waals surface area contributed by atoms with Gasteiger partial charge in [-0.2, -0.15) is 0 Å². The molecule has 10 heavy (non-hydrogen) atoms. The molecule has 0 spiro atoms. The molecule has 0 saturated carbocycles. The normalized spacial score (nSPS) is 32.2. The zero-order valence-corrected chi connectivity index (χ0v) is 6.56. The Morgan fingerprint density at radius 3 is 2.90 bits per heavy atom. The average molecular weight is 162 g/mol. The molecule has 2 unspecified atom stereocenters. The van der Waals surface area contributed by atoms with Gasteiger partial charge in [-0.3, -0.25) is 4.79 Å². The zero-order chi connectivity index (χ0) is 7.56. The molecule has 1 saturated heterocycles. The highest BCUT2D eigenvalue weighted by molar-refractivity contribution is 8.00. The Labute approximate surface area is 63.8 Å². The van der Waals surface area contributed by atoms with Crippen LogP contribution in [0.5, 0.6) is 0 Å². The van der Waals surface area contributed by atoms with Crippen LogP contribution in [0.4, 0.5) is 0 Å². The summed E-state index contributed by atoms with van der Waals surface area (Å²) in [7, 11) is 1.34. The van der Waals surface area contributed by atoms with Crippen molar-refractivity contribution in [2.75, 3.05) is 12.9 Å². The Morgan fingerprint density at radius 2 is 2.50 bits per heavy atom. The first-order valence-electron chi connectivity index (χ1n) is 3.13. The van der Waals surface area contributed by atoms with Crippen LogP contribution in [0.2, 0.25) is 0 Å². The van der Waals surface area contributed by atoms with E-state index in [9.17, 15) is 4.79 Å². The Bertz CT molecular complexity index is 137. The van der Waals surface area contributed by atoms with Crippen molar-refractivity contribution in [3.63, 3.8) is 0 Å². The third-order valence-electron chi connectivity index (χ3n) is 1.49. The van der Waals surface area contributed by atoms with Gasteiger partial charge >= 0.3 is 5.97 Å². The molecule has 0 aliphatic carbocycles. The molecule has 4 heteroatoms. The topological polar surface area (TPSA) is 46.5 Å². The van der Waals surface area contributed by atoms with Crippen LogP contribution in [0.3, 0.4) is 0 Å². The summed E-state index contributed by atoms with van der Waals surface area (Å²) in [6, 6.07) is 0. The Kier molecular flexibility index (Phi) is 2.56. The SMILES string of the molecule is COC(=O)C1SCCC1O. The number of carbonyl (C=O) groups is 1. The second kappa shape index (κ2) is 3.25. The summed E-state index contributed by atoms with van der Waals surface area (Å²) in [6.45, 7) is 0. The Balaban J connectivity index is 2.46. The maximum atomic E-state index is 10.8. The van der Waals surface area contributed by atoms with Crippen LogP contribution in [0.25, 0.3) is 0 Å². The highest BCUT2D eigenvalue weighted by Crippen LogP contribution is 2.27. The van der Waals surface area contributed by atoms with E-state index in [0.29, 0.717) is 6.42 Å². The first kappa shape index (κ1) is 7.88. The van der Waals surface area contributed by atoms with Gasteiger partial charge in [0.15, 0.2) is 0 Å². The van der Waals surface area contributed by atoms with Crippen molar-refractivity contribution in [1.29, 1.82) is 0 Å². The summed E-state index contributed by atoms with van der Waals surface area (Å²) >= 11 is 1.46. The highest BCUT2D eigenvalue weighted by Gasteiger charge is 2.32. The zero-order valence-electron chi connectivity index (χ0n) is 5.74. The molecule has 1 fully saturated rings. The Hall–Kier alpha value is -0.220. The number of aliphatic hydroxyl groups is 1. The lowest BCUT2D eigenvalue weighted by Crippen LogP contribution is -2.27. The number of ether oxygens (including phenoxy) is 1. The molecule has 1 rings (SSSR count). The lowest BCUT2D eigenvalue weighted by molar-refractivity contribution is -0.141. The number of hydrogen-bond acceptors (Lipinski definition) is 4. The van der Waals surface area contributed by atoms with Gasteiger partial charge in [0.2, 0.25) is 0 Å². The van der Waals surface area contributed by atoms with E-state index >= 15 is 0 Å². The number of aliphatic hydroxyl groups excluding tert-OH is 1. The van der Waals surface area contributed by atoms with E-state index in [4.69, 9.17) is 5.11 Å². The van der Waals surface area contributed by atoms with Gasteiger partial charge in [-0.1, -0.05) is 0 Å². The second-order valence-corrected chi connectivity index (χ2v) is 3.42. The predicted octanol–water partition coefficient (Wildman–Crippen LogP) is 0.0258. The molecule has 0 aromatic heterocycles. The van der Waals surface area contributed by atoms with E-state index in [0.717, 1.165) is 5.75 Å². The van der Waals surface area contributed by atoms with Gasteiger partial charge in [-0.05, 0) is 12.2 Å². The summed E-state index contributed by atoms with van der Waals surface area (Å²) in [5.41, 5.74) is 0. The van der Waals surface area contributed by atoms with Gasteiger partial charge in [0, 0.05) is 0 Å². The number of carbonyl (C=O) groups excluding carboxylic acids is 1. The second-order valence-electron chi connectivity index (χ2n) is 2.17. The van der Waals surface area contributed by atoms with Gasteiger partial charge in [0.1, 0.15) is 5.25 Å². The molecular weight excluding hydrogens is 152 g/mol. The summed E-state index contributed by atoms with van der Waals surface area (Å²) in [5.74, 6) is 0.538. The number of esters is 1. The first-order valence-corrected chi connectivity index (χ1v) is 4.18. The molecule has 2 atom stereocenters. The fourth-order valence-electron chi connectivity index (χ4n) is 0.919. The molecule has 58 valence electrons. The number of hydrogen-bond donors (Lipinski definition) is 1. The first-order chi connectivity index (χ1) is 4.75. The van der Waals surface area contributed by atoms with E-state index in [-0.39, 0.29) is 11.2 Å². The largest absolute Gasteiger partial charge is 0.468 e. The summed E-state index contributed by atoms with van der Waals surface area (Å²) < 4.78 is 4.48. The molecule has 1 N–H and O–H groups in total. The van der Waals surface area contributed by atoms with E-state index in [1.54, 1.807) is 0 Å². The standard InChI is InChI=1S/C6H10O3S/c1-9-6(8)5-4(7)2-3-10-5/h4-5,7H,2-3H2,1H3. The maximum Gasteiger partial charge on any atom is 0.321 e. The number of thioether (sulfide) groups is 1. The highest BCUT2D eigenvalue weighted by atomic mass is 32.2. The number of methoxy groups -OCH3 is 1. The molecule has 1 heterocycles. The van der Waals surface area contributed by atoms with E-state index in [1.807, 2.05) is 0 Å². The summed E-state index contributed by atoms with van der Waals surface area (Å²) in [5, 5.41) is 8.83. The predicted molar refractivity (Wildman–Crippen MR) is 38.9 cm³/mol. The van der Waals surface area contributed by atoms with Gasteiger partial charge < -0.3 is 9.84 Å². The summed E-state index contributed by atoms with van der Waals surface area (Å²) in [4.78, 5) is 10.8. The monoisotopic (exact) mass is 162 g/mol. The van der Waals surface area contributed by atoms with Crippen molar-refractivity contribution in [3.8, 4) is 0 Å². The quantitative estimate of drug-likeness (QED) is 0.552. The lowest BCUT2D eigenvalue weighted by Gasteiger charge is -2.09. The molecule has 3 nitrogen and oxygen atoms in total. The van der Waals surface area contributed by atoms with Gasteiger partial charge in [-0.15, -0.1) is 11.8 Å². The molecular formula is C6H10O3S. The maximum absolute atomic E-state index is 10.8.